The number of hydrogen-bond acceptors (Lipinski definition) is 4. The Morgan fingerprint density at radius 1 is 0.975 bits per heavy atom. The molecule has 3 aromatic rings. The summed E-state index contributed by atoms with van der Waals surface area (Å²) >= 11 is 6.18. The number of rotatable bonds is 11. The molecule has 0 bridgehead atoms. The van der Waals surface area contributed by atoms with Gasteiger partial charge in [-0.1, -0.05) is 79.9 Å². The van der Waals surface area contributed by atoms with Crippen molar-refractivity contribution in [3.05, 3.63) is 95.0 Å². The smallest absolute Gasteiger partial charge is 0.264 e. The third kappa shape index (κ3) is 7.04. The summed E-state index contributed by atoms with van der Waals surface area (Å²) in [7, 11) is -4.12. The van der Waals surface area contributed by atoms with Crippen molar-refractivity contribution in [2.24, 2.45) is 0 Å². The average Bonchev–Trinajstić information content (AvgIpc) is 3.46. The van der Waals surface area contributed by atoms with Crippen LogP contribution in [0.5, 0.6) is 0 Å². The van der Waals surface area contributed by atoms with E-state index in [2.05, 4.69) is 5.32 Å². The lowest BCUT2D eigenvalue weighted by atomic mass is 10.1. The van der Waals surface area contributed by atoms with Crippen molar-refractivity contribution in [1.29, 1.82) is 0 Å². The summed E-state index contributed by atoms with van der Waals surface area (Å²) in [5.41, 5.74) is 1.81. The van der Waals surface area contributed by atoms with E-state index < -0.39 is 28.5 Å². The topological polar surface area (TPSA) is 86.8 Å². The van der Waals surface area contributed by atoms with Gasteiger partial charge in [0.15, 0.2) is 0 Å². The molecule has 9 heteroatoms. The van der Waals surface area contributed by atoms with Gasteiger partial charge in [0.05, 0.1) is 10.6 Å². The van der Waals surface area contributed by atoms with Crippen LogP contribution >= 0.6 is 11.6 Å². The number of carbonyl (C=O) groups excluding carboxylic acids is 2. The van der Waals surface area contributed by atoms with Gasteiger partial charge in [0.2, 0.25) is 11.8 Å². The Kier molecular flexibility index (Phi) is 9.87. The predicted molar refractivity (Wildman–Crippen MR) is 159 cm³/mol. The summed E-state index contributed by atoms with van der Waals surface area (Å²) in [6.45, 7) is 3.33. The van der Waals surface area contributed by atoms with E-state index in [1.54, 1.807) is 43.3 Å². The molecule has 212 valence electrons. The molecule has 0 radical (unpaired) electrons. The SMILES string of the molecule is CCC(C(=O)NC1CCCC1)N(Cc1ccccc1)C(=O)CN(c1ccc(Cl)cc1C)S(=O)(=O)c1ccccc1. The molecular weight excluding hydrogens is 546 g/mol. The summed E-state index contributed by atoms with van der Waals surface area (Å²) < 4.78 is 29.0. The Hall–Kier alpha value is -3.36. The van der Waals surface area contributed by atoms with Gasteiger partial charge in [-0.15, -0.1) is 0 Å². The van der Waals surface area contributed by atoms with E-state index in [0.29, 0.717) is 22.7 Å². The lowest BCUT2D eigenvalue weighted by Gasteiger charge is -2.34. The number of nitrogens with zero attached hydrogens (tertiary/aromatic N) is 2. The maximum absolute atomic E-state index is 14.1. The first kappa shape index (κ1) is 29.6. The van der Waals surface area contributed by atoms with Gasteiger partial charge in [-0.2, -0.15) is 0 Å². The molecule has 2 amide bonds. The van der Waals surface area contributed by atoms with E-state index in [-0.39, 0.29) is 23.4 Å². The number of carbonyl (C=O) groups is 2. The van der Waals surface area contributed by atoms with E-state index in [4.69, 9.17) is 11.6 Å². The van der Waals surface area contributed by atoms with Crippen LogP contribution in [0.3, 0.4) is 0 Å². The molecule has 0 aromatic heterocycles. The first-order chi connectivity index (χ1) is 19.2. The van der Waals surface area contributed by atoms with Crippen LogP contribution in [0.15, 0.2) is 83.8 Å². The lowest BCUT2D eigenvalue weighted by Crippen LogP contribution is -2.53. The van der Waals surface area contributed by atoms with Gasteiger partial charge < -0.3 is 10.2 Å². The molecule has 0 spiro atoms. The zero-order valence-corrected chi connectivity index (χ0v) is 24.5. The van der Waals surface area contributed by atoms with Crippen LogP contribution in [-0.2, 0) is 26.2 Å². The highest BCUT2D eigenvalue weighted by atomic mass is 35.5. The summed E-state index contributed by atoms with van der Waals surface area (Å²) in [5, 5.41) is 3.59. The van der Waals surface area contributed by atoms with Gasteiger partial charge in [-0.3, -0.25) is 13.9 Å². The minimum Gasteiger partial charge on any atom is -0.352 e. The molecule has 1 saturated carbocycles. The number of sulfonamides is 1. The maximum atomic E-state index is 14.1. The van der Waals surface area contributed by atoms with Gasteiger partial charge in [-0.05, 0) is 67.6 Å². The molecule has 0 heterocycles. The number of halogens is 1. The number of nitrogens with one attached hydrogen (secondary N) is 1. The molecule has 4 rings (SSSR count). The van der Waals surface area contributed by atoms with E-state index in [1.165, 1.54) is 17.0 Å². The molecule has 1 fully saturated rings. The third-order valence-corrected chi connectivity index (χ3v) is 9.33. The fourth-order valence-electron chi connectivity index (χ4n) is 5.20. The molecule has 1 unspecified atom stereocenters. The van der Waals surface area contributed by atoms with Crippen molar-refractivity contribution in [3.63, 3.8) is 0 Å². The average molecular weight is 582 g/mol. The van der Waals surface area contributed by atoms with E-state index in [9.17, 15) is 18.0 Å². The van der Waals surface area contributed by atoms with Crippen LogP contribution in [0.1, 0.15) is 50.2 Å². The predicted octanol–water partition coefficient (Wildman–Crippen LogP) is 5.71. The highest BCUT2D eigenvalue weighted by Gasteiger charge is 2.35. The molecule has 1 N–H and O–H groups in total. The molecule has 7 nitrogen and oxygen atoms in total. The van der Waals surface area contributed by atoms with Gasteiger partial charge in [0, 0.05) is 17.6 Å². The van der Waals surface area contributed by atoms with Crippen molar-refractivity contribution >= 4 is 39.1 Å². The number of amides is 2. The summed E-state index contributed by atoms with van der Waals surface area (Å²) in [6.07, 6.45) is 4.38. The highest BCUT2D eigenvalue weighted by Crippen LogP contribution is 2.29. The molecule has 40 heavy (non-hydrogen) atoms. The van der Waals surface area contributed by atoms with Crippen molar-refractivity contribution in [3.8, 4) is 0 Å². The van der Waals surface area contributed by atoms with Gasteiger partial charge in [-0.25, -0.2) is 8.42 Å². The van der Waals surface area contributed by atoms with Crippen LogP contribution in [-0.4, -0.2) is 43.8 Å². The largest absolute Gasteiger partial charge is 0.352 e. The van der Waals surface area contributed by atoms with E-state index in [0.717, 1.165) is 35.6 Å². The van der Waals surface area contributed by atoms with Gasteiger partial charge in [0.25, 0.3) is 10.0 Å². The number of anilines is 1. The number of aryl methyl sites for hydroxylation is 1. The zero-order valence-electron chi connectivity index (χ0n) is 22.9. The zero-order chi connectivity index (χ0) is 28.7. The Morgan fingerprint density at radius 2 is 1.60 bits per heavy atom. The highest BCUT2D eigenvalue weighted by molar-refractivity contribution is 7.92. The Balaban J connectivity index is 1.72. The van der Waals surface area contributed by atoms with Crippen molar-refractivity contribution in [1.82, 2.24) is 10.2 Å². The van der Waals surface area contributed by atoms with Crippen LogP contribution in [0.25, 0.3) is 0 Å². The first-order valence-corrected chi connectivity index (χ1v) is 15.5. The minimum absolute atomic E-state index is 0.0674. The molecule has 1 aliphatic rings. The second kappa shape index (κ2) is 13.3. The monoisotopic (exact) mass is 581 g/mol. The summed E-state index contributed by atoms with van der Waals surface area (Å²) in [5.74, 6) is -0.676. The molecular formula is C31H36ClN3O4S. The Morgan fingerprint density at radius 3 is 2.20 bits per heavy atom. The molecule has 1 aliphatic carbocycles. The maximum Gasteiger partial charge on any atom is 0.264 e. The van der Waals surface area contributed by atoms with Crippen LogP contribution in [0.4, 0.5) is 5.69 Å². The van der Waals surface area contributed by atoms with Crippen LogP contribution in [0.2, 0.25) is 5.02 Å². The number of hydrogen-bond donors (Lipinski definition) is 1. The summed E-state index contributed by atoms with van der Waals surface area (Å²) in [6, 6.07) is 21.7. The lowest BCUT2D eigenvalue weighted by molar-refractivity contribution is -0.140. The second-order valence-corrected chi connectivity index (χ2v) is 12.5. The molecule has 1 atom stereocenters. The Labute approximate surface area is 242 Å². The standard InChI is InChI=1S/C31H36ClN3O4S/c1-3-28(31(37)33-26-14-10-11-15-26)34(21-24-12-6-4-7-13-24)30(36)22-35(29-19-18-25(32)20-23(29)2)40(38,39)27-16-8-5-9-17-27/h4-9,12-13,16-20,26,28H,3,10-11,14-15,21-22H2,1-2H3,(H,33,37). The number of benzene rings is 3. The van der Waals surface area contributed by atoms with E-state index >= 15 is 0 Å². The second-order valence-electron chi connectivity index (χ2n) is 10.2. The first-order valence-electron chi connectivity index (χ1n) is 13.7. The molecule has 3 aromatic carbocycles. The molecule has 0 saturated heterocycles. The van der Waals surface area contributed by atoms with Gasteiger partial charge in [0.1, 0.15) is 12.6 Å². The van der Waals surface area contributed by atoms with E-state index in [1.807, 2.05) is 37.3 Å². The van der Waals surface area contributed by atoms with Crippen LogP contribution < -0.4 is 9.62 Å². The minimum atomic E-state index is -4.12. The Bertz CT molecular complexity index is 1410. The van der Waals surface area contributed by atoms with Crippen LogP contribution in [0, 0.1) is 6.92 Å². The normalized spacial score (nSPS) is 14.5. The van der Waals surface area contributed by atoms with Crippen molar-refractivity contribution in [2.45, 2.75) is 69.5 Å². The fourth-order valence-corrected chi connectivity index (χ4v) is 6.93. The summed E-state index contributed by atoms with van der Waals surface area (Å²) in [4.78, 5) is 29.2. The fraction of sp³-hybridized carbons (Fsp3) is 0.355. The molecule has 0 aliphatic heterocycles. The van der Waals surface area contributed by atoms with Gasteiger partial charge >= 0.3 is 0 Å². The van der Waals surface area contributed by atoms with Crippen molar-refractivity contribution < 1.29 is 18.0 Å². The van der Waals surface area contributed by atoms with Crippen molar-refractivity contribution in [2.75, 3.05) is 10.8 Å². The quantitative estimate of drug-likeness (QED) is 0.314. The third-order valence-electron chi connectivity index (χ3n) is 7.32.